The number of nitrogens with zero attached hydrogens (tertiary/aromatic N) is 2. The minimum absolute atomic E-state index is 0.876. The van der Waals surface area contributed by atoms with E-state index in [2.05, 4.69) is 9.63 Å². The fourth-order valence-electron chi connectivity index (χ4n) is 1.09. The molecule has 0 atom stereocenters. The summed E-state index contributed by atoms with van der Waals surface area (Å²) in [6, 6.07) is 19.7. The molecule has 2 rings (SSSR count). The topological polar surface area (TPSA) is 24.7 Å². The highest BCUT2D eigenvalue weighted by atomic mass is 32.2. The Bertz CT molecular complexity index is 426. The molecule has 0 N–H and O–H groups in total. The Balaban J connectivity index is 1.97. The molecule has 0 heterocycles. The van der Waals surface area contributed by atoms with Crippen LogP contribution in [0.25, 0.3) is 0 Å². The Morgan fingerprint density at radius 3 is 2.00 bits per heavy atom. The van der Waals surface area contributed by atoms with Crippen molar-refractivity contribution in [1.29, 1.82) is 0 Å². The molecule has 0 spiro atoms. The van der Waals surface area contributed by atoms with E-state index in [1.807, 2.05) is 60.7 Å². The van der Waals surface area contributed by atoms with Gasteiger partial charge in [0.25, 0.3) is 0 Å². The van der Waals surface area contributed by atoms with Crippen LogP contribution >= 0.6 is 11.9 Å². The first-order chi connectivity index (χ1) is 7.45. The summed E-state index contributed by atoms with van der Waals surface area (Å²) < 4.78 is 4.05. The maximum Gasteiger partial charge on any atom is 0.0863 e. The van der Waals surface area contributed by atoms with Crippen molar-refractivity contribution in [3.63, 3.8) is 0 Å². The molecule has 0 aliphatic rings. The van der Waals surface area contributed by atoms with Gasteiger partial charge in [-0.2, -0.15) is 0 Å². The average Bonchev–Trinajstić information content (AvgIpc) is 2.32. The third-order valence-electron chi connectivity index (χ3n) is 1.80. The highest BCUT2D eigenvalue weighted by Gasteiger charge is 1.89. The van der Waals surface area contributed by atoms with Gasteiger partial charge in [0, 0.05) is 16.8 Å². The molecule has 0 aromatic heterocycles. The summed E-state index contributed by atoms with van der Waals surface area (Å²) in [5.41, 5.74) is 0.876. The van der Waals surface area contributed by atoms with Crippen molar-refractivity contribution in [3.8, 4) is 0 Å². The summed E-state index contributed by atoms with van der Waals surface area (Å²) in [7, 11) is 0. The van der Waals surface area contributed by atoms with Crippen molar-refractivity contribution < 1.29 is 0 Å². The minimum atomic E-state index is 0.876. The monoisotopic (exact) mass is 214 g/mol. The van der Waals surface area contributed by atoms with Crippen molar-refractivity contribution >= 4 is 17.6 Å². The van der Waals surface area contributed by atoms with Crippen molar-refractivity contribution in [1.82, 2.24) is 0 Å². The summed E-state index contributed by atoms with van der Waals surface area (Å²) in [5, 5.41) is 4.09. The molecular formula is C12H10N2S. The van der Waals surface area contributed by atoms with Crippen LogP contribution in [0.4, 0.5) is 5.69 Å². The van der Waals surface area contributed by atoms with Crippen molar-refractivity contribution in [3.05, 3.63) is 60.7 Å². The van der Waals surface area contributed by atoms with Gasteiger partial charge in [-0.15, -0.1) is 9.63 Å². The lowest BCUT2D eigenvalue weighted by molar-refractivity contribution is 1.32. The van der Waals surface area contributed by atoms with Gasteiger partial charge < -0.3 is 0 Å². The van der Waals surface area contributed by atoms with Gasteiger partial charge in [-0.25, -0.2) is 0 Å². The van der Waals surface area contributed by atoms with E-state index >= 15 is 0 Å². The van der Waals surface area contributed by atoms with E-state index in [4.69, 9.17) is 0 Å². The largest absolute Gasteiger partial charge is 0.143 e. The fourth-order valence-corrected chi connectivity index (χ4v) is 1.60. The fraction of sp³-hybridized carbons (Fsp3) is 0. The van der Waals surface area contributed by atoms with E-state index in [0.29, 0.717) is 0 Å². The van der Waals surface area contributed by atoms with Crippen LogP contribution in [0.5, 0.6) is 0 Å². The molecule has 2 aromatic rings. The minimum Gasteiger partial charge on any atom is -0.143 e. The second kappa shape index (κ2) is 5.32. The normalized spacial score (nSPS) is 10.7. The molecule has 15 heavy (non-hydrogen) atoms. The standard InChI is InChI=1S/C12H10N2S/c1-3-7-11(8-4-1)13-14-15-12-9-5-2-6-10-12/h1-10H/b14-13+. The Morgan fingerprint density at radius 2 is 1.33 bits per heavy atom. The van der Waals surface area contributed by atoms with Crippen LogP contribution in [0, 0.1) is 0 Å². The molecule has 3 heteroatoms. The van der Waals surface area contributed by atoms with Crippen molar-refractivity contribution in [2.24, 2.45) is 9.63 Å². The zero-order chi connectivity index (χ0) is 10.3. The van der Waals surface area contributed by atoms with Crippen LogP contribution in [0.2, 0.25) is 0 Å². The summed E-state index contributed by atoms with van der Waals surface area (Å²) in [5.74, 6) is 0. The molecule has 74 valence electrons. The molecule has 0 saturated heterocycles. The van der Waals surface area contributed by atoms with E-state index < -0.39 is 0 Å². The Hall–Kier alpha value is -1.61. The van der Waals surface area contributed by atoms with Crippen LogP contribution < -0.4 is 0 Å². The molecule has 2 nitrogen and oxygen atoms in total. The highest BCUT2D eigenvalue weighted by Crippen LogP contribution is 2.21. The molecule has 0 bridgehead atoms. The third kappa shape index (κ3) is 3.22. The SMILES string of the molecule is c1ccc(/N=N/Sc2ccccc2)cc1. The van der Waals surface area contributed by atoms with Gasteiger partial charge in [-0.3, -0.25) is 0 Å². The van der Waals surface area contributed by atoms with Gasteiger partial charge in [-0.1, -0.05) is 36.4 Å². The maximum atomic E-state index is 4.09. The van der Waals surface area contributed by atoms with Crippen molar-refractivity contribution in [2.75, 3.05) is 0 Å². The molecule has 0 aliphatic heterocycles. The zero-order valence-corrected chi connectivity index (χ0v) is 8.89. The summed E-state index contributed by atoms with van der Waals surface area (Å²) in [6.07, 6.45) is 0. The Morgan fingerprint density at radius 1 is 0.733 bits per heavy atom. The Kier molecular flexibility index (Phi) is 3.52. The van der Waals surface area contributed by atoms with E-state index in [1.54, 1.807) is 0 Å². The predicted octanol–water partition coefficient (Wildman–Crippen LogP) is 4.48. The quantitative estimate of drug-likeness (QED) is 0.546. The summed E-state index contributed by atoms with van der Waals surface area (Å²) >= 11 is 1.37. The summed E-state index contributed by atoms with van der Waals surface area (Å²) in [6.45, 7) is 0. The van der Waals surface area contributed by atoms with E-state index in [-0.39, 0.29) is 0 Å². The number of rotatable bonds is 3. The van der Waals surface area contributed by atoms with E-state index in [1.165, 1.54) is 11.9 Å². The maximum absolute atomic E-state index is 4.09. The lowest BCUT2D eigenvalue weighted by atomic mass is 10.3. The molecular weight excluding hydrogens is 204 g/mol. The second-order valence-corrected chi connectivity index (χ2v) is 3.74. The zero-order valence-electron chi connectivity index (χ0n) is 8.08. The molecule has 0 unspecified atom stereocenters. The summed E-state index contributed by atoms with van der Waals surface area (Å²) in [4.78, 5) is 1.09. The van der Waals surface area contributed by atoms with Gasteiger partial charge in [0.05, 0.1) is 5.69 Å². The van der Waals surface area contributed by atoms with Gasteiger partial charge in [-0.05, 0) is 24.3 Å². The molecule has 0 aliphatic carbocycles. The first kappa shape index (κ1) is 9.93. The molecule has 0 saturated carbocycles. The predicted molar refractivity (Wildman–Crippen MR) is 63.3 cm³/mol. The van der Waals surface area contributed by atoms with E-state index in [0.717, 1.165) is 10.6 Å². The van der Waals surface area contributed by atoms with Crippen LogP contribution in [-0.2, 0) is 0 Å². The van der Waals surface area contributed by atoms with Gasteiger partial charge in [0.2, 0.25) is 0 Å². The lowest BCUT2D eigenvalue weighted by Crippen LogP contribution is -1.64. The van der Waals surface area contributed by atoms with Crippen LogP contribution in [0.3, 0.4) is 0 Å². The second-order valence-electron chi connectivity index (χ2n) is 2.92. The Labute approximate surface area is 93.2 Å². The lowest BCUT2D eigenvalue weighted by Gasteiger charge is -1.92. The smallest absolute Gasteiger partial charge is 0.0863 e. The van der Waals surface area contributed by atoms with Crippen LogP contribution in [-0.4, -0.2) is 0 Å². The van der Waals surface area contributed by atoms with Crippen molar-refractivity contribution in [2.45, 2.75) is 4.90 Å². The van der Waals surface area contributed by atoms with Gasteiger partial charge in [0.15, 0.2) is 0 Å². The average molecular weight is 214 g/mol. The van der Waals surface area contributed by atoms with Gasteiger partial charge >= 0.3 is 0 Å². The number of benzene rings is 2. The first-order valence-electron chi connectivity index (χ1n) is 4.63. The molecule has 0 radical (unpaired) electrons. The molecule has 2 aromatic carbocycles. The number of hydrogen-bond acceptors (Lipinski definition) is 3. The third-order valence-corrected chi connectivity index (χ3v) is 2.45. The van der Waals surface area contributed by atoms with E-state index in [9.17, 15) is 0 Å². The van der Waals surface area contributed by atoms with Crippen LogP contribution in [0.15, 0.2) is 75.2 Å². The first-order valence-corrected chi connectivity index (χ1v) is 5.41. The number of hydrogen-bond donors (Lipinski definition) is 0. The van der Waals surface area contributed by atoms with Crippen LogP contribution in [0.1, 0.15) is 0 Å². The molecule has 0 fully saturated rings. The highest BCUT2D eigenvalue weighted by molar-refractivity contribution is 7.97. The van der Waals surface area contributed by atoms with Gasteiger partial charge in [0.1, 0.15) is 0 Å². The molecule has 0 amide bonds.